The van der Waals surface area contributed by atoms with Crippen LogP contribution in [-0.4, -0.2) is 16.5 Å². The van der Waals surface area contributed by atoms with Gasteiger partial charge in [-0.15, -0.1) is 0 Å². The van der Waals surface area contributed by atoms with Crippen LogP contribution >= 0.6 is 0 Å². The first-order chi connectivity index (χ1) is 8.40. The molecule has 0 fully saturated rings. The number of anilines is 1. The highest BCUT2D eigenvalue weighted by atomic mass is 15.0. The van der Waals surface area contributed by atoms with Gasteiger partial charge in [0.25, 0.3) is 0 Å². The van der Waals surface area contributed by atoms with Gasteiger partial charge in [0.2, 0.25) is 0 Å². The molecule has 17 heavy (non-hydrogen) atoms. The summed E-state index contributed by atoms with van der Waals surface area (Å²) in [5, 5.41) is 3.24. The normalized spacial score (nSPS) is 10.2. The van der Waals surface area contributed by atoms with E-state index in [4.69, 9.17) is 0 Å². The molecule has 3 heteroatoms. The smallest absolute Gasteiger partial charge is 0.147 e. The van der Waals surface area contributed by atoms with Crippen molar-refractivity contribution in [2.24, 2.45) is 0 Å². The molecule has 1 N–H and O–H groups in total. The molecule has 2 aromatic rings. The average molecular weight is 227 g/mol. The summed E-state index contributed by atoms with van der Waals surface area (Å²) in [5.41, 5.74) is 2.37. The Kier molecular flexibility index (Phi) is 4.08. The Hall–Kier alpha value is -1.90. The van der Waals surface area contributed by atoms with Crippen LogP contribution in [0.5, 0.6) is 0 Å². The quantitative estimate of drug-likeness (QED) is 0.853. The summed E-state index contributed by atoms with van der Waals surface area (Å²) in [6.07, 6.45) is 5.39. The van der Waals surface area contributed by atoms with Crippen molar-refractivity contribution in [1.29, 1.82) is 0 Å². The zero-order valence-corrected chi connectivity index (χ0v) is 10.1. The van der Waals surface area contributed by atoms with E-state index >= 15 is 0 Å². The molecule has 0 amide bonds. The minimum Gasteiger partial charge on any atom is -0.369 e. The standard InChI is InChI=1S/C14H17N3/c1-2-15-14-13(16-10-11-17-14)9-8-12-6-4-3-5-7-12/h3-7,10-11H,2,8-9H2,1H3,(H,15,17). The Morgan fingerprint density at radius 1 is 1.00 bits per heavy atom. The number of hydrogen-bond donors (Lipinski definition) is 1. The number of nitrogens with one attached hydrogen (secondary N) is 1. The predicted octanol–water partition coefficient (Wildman–Crippen LogP) is 2.69. The molecule has 3 nitrogen and oxygen atoms in total. The van der Waals surface area contributed by atoms with Crippen LogP contribution in [0, 0.1) is 0 Å². The van der Waals surface area contributed by atoms with Crippen LogP contribution in [-0.2, 0) is 12.8 Å². The first-order valence-electron chi connectivity index (χ1n) is 5.98. The van der Waals surface area contributed by atoms with Gasteiger partial charge in [-0.25, -0.2) is 4.98 Å². The fourth-order valence-electron chi connectivity index (χ4n) is 1.77. The Morgan fingerprint density at radius 2 is 1.76 bits per heavy atom. The molecule has 0 aliphatic rings. The number of aromatic nitrogens is 2. The summed E-state index contributed by atoms with van der Waals surface area (Å²) in [6.45, 7) is 2.94. The minimum absolute atomic E-state index is 0.872. The van der Waals surface area contributed by atoms with Crippen LogP contribution in [0.15, 0.2) is 42.7 Å². The third-order valence-corrected chi connectivity index (χ3v) is 2.61. The molecule has 1 aromatic carbocycles. The molecule has 0 atom stereocenters. The average Bonchev–Trinajstić information content (AvgIpc) is 2.39. The SMILES string of the molecule is CCNc1nccnc1CCc1ccccc1. The zero-order chi connectivity index (χ0) is 11.9. The molecule has 0 spiro atoms. The van der Waals surface area contributed by atoms with Crippen LogP contribution in [0.25, 0.3) is 0 Å². The third kappa shape index (κ3) is 3.28. The van der Waals surface area contributed by atoms with Crippen LogP contribution in [0.4, 0.5) is 5.82 Å². The maximum absolute atomic E-state index is 4.39. The fraction of sp³-hybridized carbons (Fsp3) is 0.286. The first-order valence-corrected chi connectivity index (χ1v) is 5.98. The van der Waals surface area contributed by atoms with E-state index in [9.17, 15) is 0 Å². The number of benzene rings is 1. The summed E-state index contributed by atoms with van der Waals surface area (Å²) in [7, 11) is 0. The molecule has 0 aliphatic carbocycles. The maximum Gasteiger partial charge on any atom is 0.147 e. The lowest BCUT2D eigenvalue weighted by Crippen LogP contribution is -2.06. The van der Waals surface area contributed by atoms with Crippen molar-refractivity contribution in [3.63, 3.8) is 0 Å². The largest absolute Gasteiger partial charge is 0.369 e. The Bertz CT molecular complexity index is 454. The summed E-state index contributed by atoms with van der Waals surface area (Å²) >= 11 is 0. The lowest BCUT2D eigenvalue weighted by molar-refractivity contribution is 0.897. The van der Waals surface area contributed by atoms with Crippen molar-refractivity contribution in [3.8, 4) is 0 Å². The molecule has 0 unspecified atom stereocenters. The van der Waals surface area contributed by atoms with Crippen LogP contribution in [0.3, 0.4) is 0 Å². The van der Waals surface area contributed by atoms with Crippen molar-refractivity contribution in [3.05, 3.63) is 54.0 Å². The highest BCUT2D eigenvalue weighted by Gasteiger charge is 2.03. The van der Waals surface area contributed by atoms with Crippen LogP contribution < -0.4 is 5.32 Å². The second kappa shape index (κ2) is 5.99. The maximum atomic E-state index is 4.39. The molecular weight excluding hydrogens is 210 g/mol. The second-order valence-electron chi connectivity index (χ2n) is 3.87. The zero-order valence-electron chi connectivity index (χ0n) is 10.1. The van der Waals surface area contributed by atoms with Crippen LogP contribution in [0.1, 0.15) is 18.2 Å². The van der Waals surface area contributed by atoms with E-state index in [1.54, 1.807) is 12.4 Å². The van der Waals surface area contributed by atoms with E-state index < -0.39 is 0 Å². The highest BCUT2D eigenvalue weighted by molar-refractivity contribution is 5.39. The third-order valence-electron chi connectivity index (χ3n) is 2.61. The monoisotopic (exact) mass is 227 g/mol. The number of rotatable bonds is 5. The summed E-state index contributed by atoms with van der Waals surface area (Å²) < 4.78 is 0. The number of aryl methyl sites for hydroxylation is 2. The second-order valence-corrected chi connectivity index (χ2v) is 3.87. The van der Waals surface area contributed by atoms with Gasteiger partial charge in [-0.1, -0.05) is 30.3 Å². The molecule has 0 saturated heterocycles. The molecule has 1 aromatic heterocycles. The van der Waals surface area contributed by atoms with E-state index in [2.05, 4.69) is 46.5 Å². The molecule has 0 radical (unpaired) electrons. The first kappa shape index (κ1) is 11.6. The van der Waals surface area contributed by atoms with Gasteiger partial charge in [0.15, 0.2) is 0 Å². The lowest BCUT2D eigenvalue weighted by atomic mass is 10.1. The summed E-state index contributed by atoms with van der Waals surface area (Å²) in [4.78, 5) is 8.69. The predicted molar refractivity (Wildman–Crippen MR) is 70.0 cm³/mol. The molecule has 0 aliphatic heterocycles. The van der Waals surface area contributed by atoms with E-state index in [-0.39, 0.29) is 0 Å². The lowest BCUT2D eigenvalue weighted by Gasteiger charge is -2.07. The van der Waals surface area contributed by atoms with Crippen LogP contribution in [0.2, 0.25) is 0 Å². The van der Waals surface area contributed by atoms with E-state index in [1.807, 2.05) is 6.07 Å². The Balaban J connectivity index is 2.03. The van der Waals surface area contributed by atoms with Gasteiger partial charge in [-0.05, 0) is 25.3 Å². The molecule has 2 rings (SSSR count). The summed E-state index contributed by atoms with van der Waals surface area (Å²) in [6, 6.07) is 10.5. The number of hydrogen-bond acceptors (Lipinski definition) is 3. The van der Waals surface area contributed by atoms with E-state index in [1.165, 1.54) is 5.56 Å². The number of nitrogens with zero attached hydrogens (tertiary/aromatic N) is 2. The molecule has 88 valence electrons. The Labute approximate surface area is 102 Å². The van der Waals surface area contributed by atoms with Gasteiger partial charge in [0.1, 0.15) is 5.82 Å². The van der Waals surface area contributed by atoms with Crippen molar-refractivity contribution >= 4 is 5.82 Å². The van der Waals surface area contributed by atoms with Gasteiger partial charge in [0, 0.05) is 18.9 Å². The van der Waals surface area contributed by atoms with Gasteiger partial charge in [-0.3, -0.25) is 4.98 Å². The molecule has 1 heterocycles. The van der Waals surface area contributed by atoms with Gasteiger partial charge < -0.3 is 5.32 Å². The topological polar surface area (TPSA) is 37.8 Å². The van der Waals surface area contributed by atoms with Gasteiger partial charge >= 0.3 is 0 Å². The van der Waals surface area contributed by atoms with Crippen molar-refractivity contribution < 1.29 is 0 Å². The molecular formula is C14H17N3. The molecule has 0 saturated carbocycles. The summed E-state index contributed by atoms with van der Waals surface area (Å²) in [5.74, 6) is 0.908. The fourth-order valence-corrected chi connectivity index (χ4v) is 1.77. The van der Waals surface area contributed by atoms with Gasteiger partial charge in [0.05, 0.1) is 5.69 Å². The van der Waals surface area contributed by atoms with Crippen molar-refractivity contribution in [2.75, 3.05) is 11.9 Å². The van der Waals surface area contributed by atoms with Gasteiger partial charge in [-0.2, -0.15) is 0 Å². The van der Waals surface area contributed by atoms with Crippen molar-refractivity contribution in [2.45, 2.75) is 19.8 Å². The Morgan fingerprint density at radius 3 is 2.53 bits per heavy atom. The van der Waals surface area contributed by atoms with E-state index in [0.29, 0.717) is 0 Å². The minimum atomic E-state index is 0.872. The van der Waals surface area contributed by atoms with E-state index in [0.717, 1.165) is 30.9 Å². The van der Waals surface area contributed by atoms with Crippen molar-refractivity contribution in [1.82, 2.24) is 9.97 Å². The highest BCUT2D eigenvalue weighted by Crippen LogP contribution is 2.11. The molecule has 0 bridgehead atoms.